The lowest BCUT2D eigenvalue weighted by atomic mass is 10.00. The lowest BCUT2D eigenvalue weighted by molar-refractivity contribution is 0.467. The summed E-state index contributed by atoms with van der Waals surface area (Å²) >= 11 is 12.3. The lowest BCUT2D eigenvalue weighted by Gasteiger charge is -2.35. The van der Waals surface area contributed by atoms with Crippen LogP contribution in [0.2, 0.25) is 0 Å². The molecule has 1 atom stereocenters. The number of sulfonamides is 2. The summed E-state index contributed by atoms with van der Waals surface area (Å²) in [5.74, 6) is 0.347. The molecule has 3 aliphatic rings. The average Bonchev–Trinajstić information content (AvgIpc) is 2.65. The summed E-state index contributed by atoms with van der Waals surface area (Å²) in [6.07, 6.45) is 4.62. The molecule has 29 heavy (non-hydrogen) atoms. The van der Waals surface area contributed by atoms with E-state index < -0.39 is 41.4 Å². The second kappa shape index (κ2) is 9.45. The van der Waals surface area contributed by atoms with Crippen LogP contribution < -0.4 is 0 Å². The summed E-state index contributed by atoms with van der Waals surface area (Å²) in [6.45, 7) is 4.05. The number of alkyl halides is 2. The van der Waals surface area contributed by atoms with E-state index in [1.807, 2.05) is 13.8 Å². The molecule has 6 nitrogen and oxygen atoms in total. The second-order valence-corrected chi connectivity index (χ2v) is 15.7. The molecule has 2 saturated carbocycles. The summed E-state index contributed by atoms with van der Waals surface area (Å²) < 4.78 is 58.3. The molecule has 11 heteroatoms. The van der Waals surface area contributed by atoms with E-state index in [0.29, 0.717) is 57.1 Å². The van der Waals surface area contributed by atoms with Gasteiger partial charge in [-0.25, -0.2) is 16.8 Å². The van der Waals surface area contributed by atoms with E-state index in [1.54, 1.807) is 0 Å². The summed E-state index contributed by atoms with van der Waals surface area (Å²) in [5.41, 5.74) is 1.99. The Kier molecular flexibility index (Phi) is 7.81. The van der Waals surface area contributed by atoms with Crippen LogP contribution in [0, 0.1) is 0 Å². The Morgan fingerprint density at radius 3 is 1.83 bits per heavy atom. The second-order valence-electron chi connectivity index (χ2n) is 8.39. The van der Waals surface area contributed by atoms with E-state index in [9.17, 15) is 16.8 Å². The predicted octanol–water partition coefficient (Wildman–Crippen LogP) is 4.11. The minimum absolute atomic E-state index is 0.0142. The van der Waals surface area contributed by atoms with Crippen molar-refractivity contribution in [3.8, 4) is 0 Å². The van der Waals surface area contributed by atoms with Crippen LogP contribution in [0.5, 0.6) is 0 Å². The number of hydrogen-bond donors (Lipinski definition) is 0. The van der Waals surface area contributed by atoms with Gasteiger partial charge in [-0.2, -0.15) is 0 Å². The number of nitrogens with zero attached hydrogens (tertiary/aromatic N) is 2. The zero-order chi connectivity index (χ0) is 21.4. The smallest absolute Gasteiger partial charge is 0.211 e. The van der Waals surface area contributed by atoms with Crippen molar-refractivity contribution < 1.29 is 16.8 Å². The first-order valence-corrected chi connectivity index (χ1v) is 15.3. The predicted molar refractivity (Wildman–Crippen MR) is 121 cm³/mol. The van der Waals surface area contributed by atoms with Crippen molar-refractivity contribution in [2.45, 2.75) is 86.5 Å². The Hall–Kier alpha value is 0.330. The minimum atomic E-state index is -3.75. The highest BCUT2D eigenvalue weighted by molar-refractivity contribution is 8.06. The van der Waals surface area contributed by atoms with Crippen LogP contribution in [-0.4, -0.2) is 54.1 Å². The van der Waals surface area contributed by atoms with E-state index >= 15 is 0 Å². The molecule has 2 aliphatic carbocycles. The standard InChI is InChI=1S/C18H30Cl2N2O4S3/c1-13-11-22(29(25,26)18-9-5-16(20)6-10-18)27(12-14(13)2)21-28(23,24)17-7-3-15(19)4-8-17/h15-18H,3-12H2,1-2H3. The van der Waals surface area contributed by atoms with Gasteiger partial charge in [0.2, 0.25) is 10.0 Å². The Balaban J connectivity index is 1.91. The van der Waals surface area contributed by atoms with Gasteiger partial charge in [0.05, 0.1) is 10.5 Å². The molecule has 0 spiro atoms. The largest absolute Gasteiger partial charge is 0.262 e. The molecule has 0 aromatic carbocycles. The molecule has 2 fully saturated rings. The van der Waals surface area contributed by atoms with Crippen LogP contribution in [-0.2, 0) is 30.9 Å². The quantitative estimate of drug-likeness (QED) is 0.425. The zero-order valence-corrected chi connectivity index (χ0v) is 20.8. The van der Waals surface area contributed by atoms with E-state index in [2.05, 4.69) is 3.77 Å². The van der Waals surface area contributed by atoms with Crippen molar-refractivity contribution in [2.75, 3.05) is 12.3 Å². The normalized spacial score (nSPS) is 35.8. The van der Waals surface area contributed by atoms with E-state index in [-0.39, 0.29) is 17.3 Å². The molecule has 0 aromatic rings. The Morgan fingerprint density at radius 1 is 0.828 bits per heavy atom. The fourth-order valence-electron chi connectivity index (χ4n) is 4.05. The van der Waals surface area contributed by atoms with Crippen molar-refractivity contribution in [1.29, 1.82) is 0 Å². The van der Waals surface area contributed by atoms with Gasteiger partial charge >= 0.3 is 0 Å². The van der Waals surface area contributed by atoms with Crippen molar-refractivity contribution in [3.63, 3.8) is 0 Å². The van der Waals surface area contributed by atoms with Gasteiger partial charge in [0, 0.05) is 33.9 Å². The molecule has 0 amide bonds. The SMILES string of the molecule is CC1=C(C)C/S(=N\S(=O)(=O)C2CCC(Cl)CC2)N(S(=O)(=O)C2CCC(Cl)CC2)C1. The van der Waals surface area contributed by atoms with Crippen molar-refractivity contribution >= 4 is 54.1 Å². The monoisotopic (exact) mass is 504 g/mol. The molecule has 1 aliphatic heterocycles. The van der Waals surface area contributed by atoms with Crippen molar-refractivity contribution in [1.82, 2.24) is 3.71 Å². The van der Waals surface area contributed by atoms with Crippen LogP contribution >= 0.6 is 23.2 Å². The van der Waals surface area contributed by atoms with E-state index in [4.69, 9.17) is 23.2 Å². The third-order valence-corrected chi connectivity index (χ3v) is 14.3. The highest BCUT2D eigenvalue weighted by atomic mass is 35.5. The van der Waals surface area contributed by atoms with Crippen molar-refractivity contribution in [3.05, 3.63) is 11.1 Å². The van der Waals surface area contributed by atoms with Gasteiger partial charge in [-0.1, -0.05) is 11.1 Å². The summed E-state index contributed by atoms with van der Waals surface area (Å²) in [6, 6.07) is 0. The maximum Gasteiger partial charge on any atom is 0.262 e. The number of rotatable bonds is 4. The molecular formula is C18H30Cl2N2O4S3. The Morgan fingerprint density at radius 2 is 1.31 bits per heavy atom. The number of hydrogen-bond acceptors (Lipinski definition) is 4. The molecule has 0 bridgehead atoms. The van der Waals surface area contributed by atoms with Crippen LogP contribution in [0.25, 0.3) is 0 Å². The van der Waals surface area contributed by atoms with Crippen LogP contribution in [0.4, 0.5) is 0 Å². The summed E-state index contributed by atoms with van der Waals surface area (Å²) in [5, 5.41) is -1.04. The van der Waals surface area contributed by atoms with Gasteiger partial charge in [0.1, 0.15) is 0 Å². The van der Waals surface area contributed by atoms with Gasteiger partial charge in [-0.3, -0.25) is 0 Å². The van der Waals surface area contributed by atoms with Crippen LogP contribution in [0.3, 0.4) is 0 Å². The van der Waals surface area contributed by atoms with Crippen molar-refractivity contribution in [2.24, 2.45) is 3.77 Å². The third-order valence-electron chi connectivity index (χ3n) is 6.20. The number of halogens is 2. The topological polar surface area (TPSA) is 83.9 Å². The molecule has 168 valence electrons. The maximum atomic E-state index is 13.4. The molecule has 1 heterocycles. The van der Waals surface area contributed by atoms with Gasteiger partial charge in [0.25, 0.3) is 10.0 Å². The molecule has 1 unspecified atom stereocenters. The maximum absolute atomic E-state index is 13.4. The van der Waals surface area contributed by atoms with E-state index in [1.165, 1.54) is 3.71 Å². The highest BCUT2D eigenvalue weighted by Crippen LogP contribution is 2.34. The highest BCUT2D eigenvalue weighted by Gasteiger charge is 2.40. The van der Waals surface area contributed by atoms with Gasteiger partial charge in [-0.15, -0.1) is 30.7 Å². The summed E-state index contributed by atoms with van der Waals surface area (Å²) in [4.78, 5) is 0. The Labute approximate surface area is 187 Å². The average molecular weight is 506 g/mol. The molecule has 3 rings (SSSR count). The molecule has 0 radical (unpaired) electrons. The lowest BCUT2D eigenvalue weighted by Crippen LogP contribution is -2.45. The van der Waals surface area contributed by atoms with E-state index in [0.717, 1.165) is 11.1 Å². The van der Waals surface area contributed by atoms with Gasteiger partial charge in [-0.05, 0) is 65.2 Å². The Bertz CT molecular complexity index is 886. The fraction of sp³-hybridized carbons (Fsp3) is 0.889. The first-order valence-electron chi connectivity index (χ1n) is 10.1. The van der Waals surface area contributed by atoms with Gasteiger partial charge in [0.15, 0.2) is 0 Å². The first-order chi connectivity index (χ1) is 13.5. The van der Waals surface area contributed by atoms with Gasteiger partial charge < -0.3 is 0 Å². The molecule has 0 aromatic heterocycles. The van der Waals surface area contributed by atoms with Crippen LogP contribution in [0.1, 0.15) is 65.2 Å². The molecule has 0 N–H and O–H groups in total. The fourth-order valence-corrected chi connectivity index (χ4v) is 11.8. The molecule has 0 saturated heterocycles. The third kappa shape index (κ3) is 5.58. The summed E-state index contributed by atoms with van der Waals surface area (Å²) in [7, 11) is -8.64. The minimum Gasteiger partial charge on any atom is -0.211 e. The van der Waals surface area contributed by atoms with Crippen LogP contribution in [0.15, 0.2) is 14.9 Å². The first kappa shape index (κ1) is 24.0. The zero-order valence-electron chi connectivity index (χ0n) is 16.9. The molecular weight excluding hydrogens is 475 g/mol.